The lowest BCUT2D eigenvalue weighted by Crippen LogP contribution is -2.39. The molecule has 2 atom stereocenters. The molecule has 1 aromatic carbocycles. The van der Waals surface area contributed by atoms with Gasteiger partial charge in [0.1, 0.15) is 11.6 Å². The van der Waals surface area contributed by atoms with Gasteiger partial charge in [-0.25, -0.2) is 4.79 Å². The smallest absolute Gasteiger partial charge is 0.349 e. The van der Waals surface area contributed by atoms with E-state index in [0.29, 0.717) is 23.6 Å². The zero-order valence-electron chi connectivity index (χ0n) is 17.6. The van der Waals surface area contributed by atoms with Crippen LogP contribution in [-0.4, -0.2) is 42.8 Å². The SMILES string of the molecule is CC1(C)CC2CC(C)(CN2C(=O)COC(=O)/C(C#N)=C\c2ccc3c(c2)OCO3)C1. The molecule has 2 fully saturated rings. The van der Waals surface area contributed by atoms with Crippen LogP contribution in [0.4, 0.5) is 0 Å². The number of nitrogens with zero attached hydrogens (tertiary/aromatic N) is 2. The molecule has 4 rings (SSSR count). The number of fused-ring (bicyclic) bond motifs is 3. The summed E-state index contributed by atoms with van der Waals surface area (Å²) in [5.41, 5.74) is 0.755. The molecule has 2 bridgehead atoms. The molecule has 158 valence electrons. The Morgan fingerprint density at radius 1 is 1.27 bits per heavy atom. The second-order valence-electron chi connectivity index (χ2n) is 9.59. The van der Waals surface area contributed by atoms with Gasteiger partial charge in [0.2, 0.25) is 6.79 Å². The standard InChI is InChI=1S/C23H26N2O5/c1-22(2)8-17-9-23(3,12-22)13-25(17)20(26)11-28-21(27)16(10-24)6-15-4-5-18-19(7-15)30-14-29-18/h4-7,17H,8-9,11-14H2,1-3H3/b16-6-. The zero-order chi connectivity index (χ0) is 21.5. The van der Waals surface area contributed by atoms with E-state index in [1.807, 2.05) is 11.0 Å². The number of carbonyl (C=O) groups is 2. The van der Waals surface area contributed by atoms with Crippen molar-refractivity contribution in [1.82, 2.24) is 4.90 Å². The largest absolute Gasteiger partial charge is 0.454 e. The van der Waals surface area contributed by atoms with Crippen molar-refractivity contribution in [3.05, 3.63) is 29.3 Å². The van der Waals surface area contributed by atoms with Crippen molar-refractivity contribution in [1.29, 1.82) is 5.26 Å². The fourth-order valence-corrected chi connectivity index (χ4v) is 5.35. The highest BCUT2D eigenvalue weighted by atomic mass is 16.7. The molecule has 30 heavy (non-hydrogen) atoms. The second-order valence-corrected chi connectivity index (χ2v) is 9.59. The van der Waals surface area contributed by atoms with Crippen LogP contribution in [0.25, 0.3) is 6.08 Å². The number of amides is 1. The van der Waals surface area contributed by atoms with Crippen molar-refractivity contribution in [3.8, 4) is 17.6 Å². The van der Waals surface area contributed by atoms with Crippen molar-refractivity contribution in [2.45, 2.75) is 46.1 Å². The van der Waals surface area contributed by atoms with Gasteiger partial charge in [0.15, 0.2) is 18.1 Å². The summed E-state index contributed by atoms with van der Waals surface area (Å²) in [6.45, 7) is 7.19. The molecule has 1 saturated carbocycles. The van der Waals surface area contributed by atoms with Crippen LogP contribution in [0.3, 0.4) is 0 Å². The lowest BCUT2D eigenvalue weighted by Gasteiger charge is -2.39. The summed E-state index contributed by atoms with van der Waals surface area (Å²) in [5, 5.41) is 9.37. The Labute approximate surface area is 176 Å². The first-order valence-electron chi connectivity index (χ1n) is 10.2. The van der Waals surface area contributed by atoms with Crippen molar-refractivity contribution in [3.63, 3.8) is 0 Å². The molecule has 1 amide bonds. The molecular formula is C23H26N2O5. The van der Waals surface area contributed by atoms with Gasteiger partial charge in [-0.15, -0.1) is 0 Å². The number of nitriles is 1. The first-order valence-corrected chi connectivity index (χ1v) is 10.2. The van der Waals surface area contributed by atoms with Gasteiger partial charge < -0.3 is 19.1 Å². The minimum Gasteiger partial charge on any atom is -0.454 e. The summed E-state index contributed by atoms with van der Waals surface area (Å²) >= 11 is 0. The molecule has 0 spiro atoms. The third kappa shape index (κ3) is 4.00. The fourth-order valence-electron chi connectivity index (χ4n) is 5.35. The van der Waals surface area contributed by atoms with E-state index in [0.717, 1.165) is 19.3 Å². The summed E-state index contributed by atoms with van der Waals surface area (Å²) in [6, 6.07) is 7.16. The van der Waals surface area contributed by atoms with Crippen molar-refractivity contribution < 1.29 is 23.8 Å². The average molecular weight is 410 g/mol. The first kappa shape index (κ1) is 20.3. The van der Waals surface area contributed by atoms with Gasteiger partial charge in [-0.05, 0) is 53.9 Å². The van der Waals surface area contributed by atoms with Gasteiger partial charge in [-0.3, -0.25) is 4.79 Å². The number of esters is 1. The molecule has 1 aliphatic carbocycles. The fraction of sp³-hybridized carbons (Fsp3) is 0.522. The Kier molecular flexibility index (Phi) is 4.97. The molecule has 7 heteroatoms. The van der Waals surface area contributed by atoms with Gasteiger partial charge in [-0.2, -0.15) is 5.26 Å². The summed E-state index contributed by atoms with van der Waals surface area (Å²) < 4.78 is 15.8. The number of hydrogen-bond donors (Lipinski definition) is 0. The molecule has 2 heterocycles. The van der Waals surface area contributed by atoms with E-state index in [2.05, 4.69) is 20.8 Å². The number of carbonyl (C=O) groups excluding carboxylic acids is 2. The highest BCUT2D eigenvalue weighted by Gasteiger charge is 2.50. The van der Waals surface area contributed by atoms with Crippen LogP contribution in [0.1, 0.15) is 45.6 Å². The summed E-state index contributed by atoms with van der Waals surface area (Å²) in [4.78, 5) is 27.0. The van der Waals surface area contributed by atoms with E-state index in [4.69, 9.17) is 14.2 Å². The number of hydrogen-bond acceptors (Lipinski definition) is 6. The van der Waals surface area contributed by atoms with Crippen LogP contribution in [-0.2, 0) is 14.3 Å². The normalized spacial score (nSPS) is 26.3. The molecule has 7 nitrogen and oxygen atoms in total. The van der Waals surface area contributed by atoms with Crippen LogP contribution >= 0.6 is 0 Å². The number of rotatable bonds is 4. The summed E-state index contributed by atoms with van der Waals surface area (Å²) in [5.74, 6) is 0.167. The van der Waals surface area contributed by atoms with Crippen LogP contribution in [0.15, 0.2) is 23.8 Å². The Hall–Kier alpha value is -3.01. The molecule has 2 unspecified atom stereocenters. The van der Waals surface area contributed by atoms with E-state index in [9.17, 15) is 14.9 Å². The van der Waals surface area contributed by atoms with Gasteiger partial charge >= 0.3 is 5.97 Å². The second kappa shape index (κ2) is 7.35. The molecule has 0 aromatic heterocycles. The maximum atomic E-state index is 12.8. The average Bonchev–Trinajstić information content (AvgIpc) is 3.23. The molecule has 0 N–H and O–H groups in total. The van der Waals surface area contributed by atoms with Crippen molar-refractivity contribution in [2.24, 2.45) is 10.8 Å². The Morgan fingerprint density at radius 2 is 2.03 bits per heavy atom. The highest BCUT2D eigenvalue weighted by molar-refractivity contribution is 5.99. The minimum absolute atomic E-state index is 0.114. The molecule has 2 aliphatic heterocycles. The molecular weight excluding hydrogens is 384 g/mol. The zero-order valence-corrected chi connectivity index (χ0v) is 17.6. The number of benzene rings is 1. The van der Waals surface area contributed by atoms with E-state index in [1.54, 1.807) is 18.2 Å². The lowest BCUT2D eigenvalue weighted by atomic mass is 9.65. The van der Waals surface area contributed by atoms with E-state index >= 15 is 0 Å². The van der Waals surface area contributed by atoms with Crippen LogP contribution in [0, 0.1) is 22.2 Å². The van der Waals surface area contributed by atoms with Gasteiger partial charge in [0.05, 0.1) is 0 Å². The Balaban J connectivity index is 1.39. The van der Waals surface area contributed by atoms with Crippen molar-refractivity contribution >= 4 is 18.0 Å². The maximum absolute atomic E-state index is 12.8. The monoisotopic (exact) mass is 410 g/mol. The molecule has 1 saturated heterocycles. The predicted molar refractivity (Wildman–Crippen MR) is 108 cm³/mol. The van der Waals surface area contributed by atoms with Crippen LogP contribution in [0.5, 0.6) is 11.5 Å². The van der Waals surface area contributed by atoms with Gasteiger partial charge in [0.25, 0.3) is 5.91 Å². The van der Waals surface area contributed by atoms with Crippen molar-refractivity contribution in [2.75, 3.05) is 19.9 Å². The summed E-state index contributed by atoms with van der Waals surface area (Å²) in [7, 11) is 0. The minimum atomic E-state index is -0.808. The highest BCUT2D eigenvalue weighted by Crippen LogP contribution is 2.52. The third-order valence-electron chi connectivity index (χ3n) is 6.11. The summed E-state index contributed by atoms with van der Waals surface area (Å²) in [6.07, 6.45) is 4.44. The molecule has 0 radical (unpaired) electrons. The third-order valence-corrected chi connectivity index (χ3v) is 6.11. The Morgan fingerprint density at radius 3 is 2.80 bits per heavy atom. The predicted octanol–water partition coefficient (Wildman–Crippen LogP) is 3.29. The van der Waals surface area contributed by atoms with E-state index < -0.39 is 5.97 Å². The van der Waals surface area contributed by atoms with Gasteiger partial charge in [0, 0.05) is 12.6 Å². The number of ether oxygens (including phenoxy) is 3. The first-order chi connectivity index (χ1) is 14.2. The lowest BCUT2D eigenvalue weighted by molar-refractivity contribution is -0.149. The topological polar surface area (TPSA) is 88.9 Å². The van der Waals surface area contributed by atoms with Crippen LogP contribution < -0.4 is 9.47 Å². The van der Waals surface area contributed by atoms with Gasteiger partial charge in [-0.1, -0.05) is 26.8 Å². The maximum Gasteiger partial charge on any atom is 0.349 e. The quantitative estimate of drug-likeness (QED) is 0.430. The molecule has 3 aliphatic rings. The van der Waals surface area contributed by atoms with E-state index in [1.165, 1.54) is 6.08 Å². The van der Waals surface area contributed by atoms with E-state index in [-0.39, 0.29) is 41.8 Å². The van der Waals surface area contributed by atoms with Crippen LogP contribution in [0.2, 0.25) is 0 Å². The number of likely N-dealkylation sites (tertiary alicyclic amines) is 1. The molecule has 1 aromatic rings. The Bertz CT molecular complexity index is 961.